The van der Waals surface area contributed by atoms with E-state index < -0.39 is 11.9 Å². The third-order valence-corrected chi connectivity index (χ3v) is 6.45. The van der Waals surface area contributed by atoms with Gasteiger partial charge in [-0.05, 0) is 42.0 Å². The Hall–Kier alpha value is -2.67. The largest absolute Gasteiger partial charge is 0.432 e. The Labute approximate surface area is 177 Å². The highest BCUT2D eigenvalue weighted by molar-refractivity contribution is 7.17. The Bertz CT molecular complexity index is 1140. The van der Waals surface area contributed by atoms with Crippen LogP contribution in [0.15, 0.2) is 48.7 Å². The van der Waals surface area contributed by atoms with Crippen LogP contribution in [0.5, 0.6) is 0 Å². The maximum atomic E-state index is 12.9. The number of fused-ring (bicyclic) bond motifs is 1. The summed E-state index contributed by atoms with van der Waals surface area (Å²) in [6.45, 7) is 2.21. The van der Waals surface area contributed by atoms with Crippen molar-refractivity contribution in [3.63, 3.8) is 0 Å². The average Bonchev–Trinajstić information content (AvgIpc) is 3.37. The van der Waals surface area contributed by atoms with E-state index >= 15 is 0 Å². The van der Waals surface area contributed by atoms with Crippen LogP contribution in [0.3, 0.4) is 0 Å². The summed E-state index contributed by atoms with van der Waals surface area (Å²) in [6, 6.07) is 13.0. The van der Waals surface area contributed by atoms with Gasteiger partial charge in [0.25, 0.3) is 0 Å². The summed E-state index contributed by atoms with van der Waals surface area (Å²) in [5.41, 5.74) is 0.671. The number of aryl methyl sites for hydroxylation is 1. The fourth-order valence-corrected chi connectivity index (χ4v) is 4.89. The van der Waals surface area contributed by atoms with Gasteiger partial charge in [-0.25, -0.2) is 0 Å². The number of halogens is 3. The zero-order valence-corrected chi connectivity index (χ0v) is 17.4. The molecule has 1 aromatic carbocycles. The molecule has 3 nitrogen and oxygen atoms in total. The molecule has 0 saturated heterocycles. The number of H-pyrrole nitrogens is 1. The molecule has 0 atom stereocenters. The molecule has 0 amide bonds. The van der Waals surface area contributed by atoms with Gasteiger partial charge in [-0.2, -0.15) is 18.3 Å². The van der Waals surface area contributed by atoms with E-state index in [1.165, 1.54) is 34.9 Å². The number of unbranched alkanes of at least 4 members (excludes halogenated alkanes) is 3. The van der Waals surface area contributed by atoms with Gasteiger partial charge < -0.3 is 0 Å². The van der Waals surface area contributed by atoms with Crippen molar-refractivity contribution in [3.05, 3.63) is 59.2 Å². The summed E-state index contributed by atoms with van der Waals surface area (Å²) in [5.74, 6) is 0. The number of hydrogen-bond acceptors (Lipinski definition) is 3. The average molecular weight is 430 g/mol. The van der Waals surface area contributed by atoms with Crippen molar-refractivity contribution in [3.8, 4) is 21.8 Å². The number of aromatic nitrogens is 3. The predicted molar refractivity (Wildman–Crippen MR) is 115 cm³/mol. The molecule has 3 aromatic heterocycles. The normalized spacial score (nSPS) is 12.0. The molecule has 3 heterocycles. The van der Waals surface area contributed by atoms with E-state index in [9.17, 15) is 13.2 Å². The smallest absolute Gasteiger partial charge is 0.273 e. The van der Waals surface area contributed by atoms with Crippen LogP contribution in [0.1, 0.15) is 43.2 Å². The number of rotatable bonds is 7. The van der Waals surface area contributed by atoms with Crippen molar-refractivity contribution in [1.82, 2.24) is 15.2 Å². The Morgan fingerprint density at radius 1 is 0.967 bits per heavy atom. The Balaban J connectivity index is 1.69. The summed E-state index contributed by atoms with van der Waals surface area (Å²) < 4.78 is 38.7. The van der Waals surface area contributed by atoms with Gasteiger partial charge in [0.05, 0.1) is 5.69 Å². The minimum absolute atomic E-state index is 0.185. The standard InChI is InChI=1S/C23H22F3N3S/c1-2-3-4-5-10-20-16-8-6-7-9-17(16)22(30-20)15-11-12-27-18(13-15)19-14-21(29-28-19)23(24,25)26/h6-9,11-14H,2-5,10H2,1H3,(H,28,29). The molecule has 0 saturated carbocycles. The van der Waals surface area contributed by atoms with Crippen LogP contribution in [0.25, 0.3) is 32.6 Å². The number of aromatic amines is 1. The van der Waals surface area contributed by atoms with Crippen LogP contribution in [0.2, 0.25) is 0 Å². The highest BCUT2D eigenvalue weighted by Crippen LogP contribution is 2.40. The van der Waals surface area contributed by atoms with Crippen LogP contribution >= 0.6 is 11.3 Å². The zero-order valence-electron chi connectivity index (χ0n) is 16.6. The Kier molecular flexibility index (Phi) is 5.90. The van der Waals surface area contributed by atoms with E-state index in [1.807, 2.05) is 18.2 Å². The molecule has 4 aromatic rings. The van der Waals surface area contributed by atoms with Gasteiger partial charge in [0.2, 0.25) is 0 Å². The summed E-state index contributed by atoms with van der Waals surface area (Å²) in [6.07, 6.45) is 3.04. The van der Waals surface area contributed by atoms with E-state index in [2.05, 4.69) is 40.3 Å². The first-order chi connectivity index (χ1) is 14.5. The van der Waals surface area contributed by atoms with Gasteiger partial charge in [0.15, 0.2) is 0 Å². The lowest BCUT2D eigenvalue weighted by atomic mass is 10.0. The summed E-state index contributed by atoms with van der Waals surface area (Å²) in [7, 11) is 0. The Morgan fingerprint density at radius 3 is 2.50 bits per heavy atom. The summed E-state index contributed by atoms with van der Waals surface area (Å²) in [5, 5.41) is 8.29. The molecule has 1 N–H and O–H groups in total. The van der Waals surface area contributed by atoms with E-state index in [0.717, 1.165) is 29.3 Å². The topological polar surface area (TPSA) is 41.6 Å². The van der Waals surface area contributed by atoms with Crippen LogP contribution in [0.4, 0.5) is 13.2 Å². The molecule has 0 spiro atoms. The van der Waals surface area contributed by atoms with Crippen LogP contribution < -0.4 is 0 Å². The van der Waals surface area contributed by atoms with Crippen molar-refractivity contribution < 1.29 is 13.2 Å². The van der Waals surface area contributed by atoms with Gasteiger partial charge in [-0.3, -0.25) is 10.1 Å². The molecule has 0 aliphatic heterocycles. The van der Waals surface area contributed by atoms with Gasteiger partial charge in [0, 0.05) is 21.3 Å². The molecule has 0 aliphatic rings. The first-order valence-corrected chi connectivity index (χ1v) is 10.9. The zero-order chi connectivity index (χ0) is 21.1. The minimum atomic E-state index is -4.46. The van der Waals surface area contributed by atoms with Crippen molar-refractivity contribution in [2.24, 2.45) is 0 Å². The SMILES string of the molecule is CCCCCCc1sc(-c2ccnc(-c3cc(C(F)(F)F)[nH]n3)c2)c2ccccc12. The monoisotopic (exact) mass is 429 g/mol. The minimum Gasteiger partial charge on any atom is -0.273 e. The number of pyridine rings is 1. The van der Waals surface area contributed by atoms with Gasteiger partial charge >= 0.3 is 6.18 Å². The fourth-order valence-electron chi connectivity index (χ4n) is 3.58. The first-order valence-electron chi connectivity index (χ1n) is 10.1. The number of hydrogen-bond donors (Lipinski definition) is 1. The molecule has 0 unspecified atom stereocenters. The quantitative estimate of drug-likeness (QED) is 0.309. The predicted octanol–water partition coefficient (Wildman–Crippen LogP) is 7.50. The fraction of sp³-hybridized carbons (Fsp3) is 0.304. The van der Waals surface area contributed by atoms with Crippen molar-refractivity contribution >= 4 is 22.1 Å². The van der Waals surface area contributed by atoms with Crippen molar-refractivity contribution in [2.45, 2.75) is 45.2 Å². The van der Waals surface area contributed by atoms with Crippen molar-refractivity contribution in [1.29, 1.82) is 0 Å². The van der Waals surface area contributed by atoms with Crippen LogP contribution in [0, 0.1) is 0 Å². The maximum absolute atomic E-state index is 12.9. The number of thiophene rings is 1. The number of nitrogens with zero attached hydrogens (tertiary/aromatic N) is 2. The lowest BCUT2D eigenvalue weighted by Gasteiger charge is -2.02. The lowest BCUT2D eigenvalue weighted by molar-refractivity contribution is -0.141. The molecule has 0 bridgehead atoms. The summed E-state index contributed by atoms with van der Waals surface area (Å²) >= 11 is 1.76. The molecule has 0 aliphatic carbocycles. The molecule has 0 radical (unpaired) electrons. The Morgan fingerprint density at radius 2 is 1.77 bits per heavy atom. The molecular formula is C23H22F3N3S. The molecule has 30 heavy (non-hydrogen) atoms. The molecule has 156 valence electrons. The van der Waals surface area contributed by atoms with E-state index in [4.69, 9.17) is 0 Å². The summed E-state index contributed by atoms with van der Waals surface area (Å²) in [4.78, 5) is 6.71. The third kappa shape index (κ3) is 4.26. The number of benzene rings is 1. The highest BCUT2D eigenvalue weighted by Gasteiger charge is 2.33. The van der Waals surface area contributed by atoms with Crippen LogP contribution in [-0.4, -0.2) is 15.2 Å². The van der Waals surface area contributed by atoms with Crippen molar-refractivity contribution in [2.75, 3.05) is 0 Å². The van der Waals surface area contributed by atoms with Gasteiger partial charge in [0.1, 0.15) is 11.4 Å². The van der Waals surface area contributed by atoms with E-state index in [-0.39, 0.29) is 5.69 Å². The van der Waals surface area contributed by atoms with Gasteiger partial charge in [-0.1, -0.05) is 50.5 Å². The molecular weight excluding hydrogens is 407 g/mol. The highest BCUT2D eigenvalue weighted by atomic mass is 32.1. The molecule has 4 rings (SSSR count). The maximum Gasteiger partial charge on any atom is 0.432 e. The number of alkyl halides is 3. The van der Waals surface area contributed by atoms with E-state index in [0.29, 0.717) is 5.69 Å². The first kappa shape index (κ1) is 20.6. The van der Waals surface area contributed by atoms with Gasteiger partial charge in [-0.15, -0.1) is 11.3 Å². The molecule has 7 heteroatoms. The molecule has 0 fully saturated rings. The second kappa shape index (κ2) is 8.60. The third-order valence-electron chi connectivity index (χ3n) is 5.12. The second-order valence-corrected chi connectivity index (χ2v) is 8.41. The second-order valence-electron chi connectivity index (χ2n) is 7.30. The number of nitrogens with one attached hydrogen (secondary N) is 1. The van der Waals surface area contributed by atoms with E-state index in [1.54, 1.807) is 17.5 Å². The van der Waals surface area contributed by atoms with Crippen LogP contribution in [-0.2, 0) is 12.6 Å². The lowest BCUT2D eigenvalue weighted by Crippen LogP contribution is -2.04.